The number of aromatic nitrogens is 4. The van der Waals surface area contributed by atoms with Gasteiger partial charge >= 0.3 is 0 Å². The van der Waals surface area contributed by atoms with Crippen molar-refractivity contribution in [2.75, 3.05) is 4.90 Å². The number of nitrogens with one attached hydrogen (secondary N) is 2. The number of hydrogen-bond acceptors (Lipinski definition) is 7. The van der Waals surface area contributed by atoms with Gasteiger partial charge in [-0.3, -0.25) is 19.0 Å². The van der Waals surface area contributed by atoms with Crippen molar-refractivity contribution in [1.29, 1.82) is 5.26 Å². The lowest BCUT2D eigenvalue weighted by molar-refractivity contribution is -0.125. The van der Waals surface area contributed by atoms with E-state index in [9.17, 15) is 24.0 Å². The molecular formula is C33H27Cl2FN8O3. The molecule has 47 heavy (non-hydrogen) atoms. The number of imidazole rings is 1. The maximum atomic E-state index is 14.3. The first-order valence-corrected chi connectivity index (χ1v) is 15.7. The van der Waals surface area contributed by atoms with Gasteiger partial charge in [0.05, 0.1) is 33.6 Å². The third-order valence-electron chi connectivity index (χ3n) is 9.04. The van der Waals surface area contributed by atoms with Gasteiger partial charge in [0.2, 0.25) is 11.9 Å². The Kier molecular flexibility index (Phi) is 7.11. The second-order valence-electron chi connectivity index (χ2n) is 12.6. The van der Waals surface area contributed by atoms with Gasteiger partial charge in [0.1, 0.15) is 22.3 Å². The van der Waals surface area contributed by atoms with Crippen LogP contribution < -0.4 is 15.5 Å². The van der Waals surface area contributed by atoms with E-state index in [0.29, 0.717) is 42.6 Å². The van der Waals surface area contributed by atoms with Crippen LogP contribution in [0.4, 0.5) is 16.0 Å². The SMILES string of the molecule is Cc1cnc(C2(NC(=O)C3(NC(=O)c4cnc5n4[C@](C)(Cc4ccc(C#N)cc4)C(=O)N5c4cc(Cl)c(F)c(Cl)c4)CC3)CC2)nc1. The fourth-order valence-electron chi connectivity index (χ4n) is 6.05. The van der Waals surface area contributed by atoms with Crippen molar-refractivity contribution in [3.63, 3.8) is 0 Å². The van der Waals surface area contributed by atoms with Crippen LogP contribution in [0.15, 0.2) is 55.0 Å². The molecule has 238 valence electrons. The molecular weight excluding hydrogens is 646 g/mol. The summed E-state index contributed by atoms with van der Waals surface area (Å²) < 4.78 is 15.9. The highest BCUT2D eigenvalue weighted by Crippen LogP contribution is 2.47. The third-order valence-corrected chi connectivity index (χ3v) is 9.59. The molecule has 1 atom stereocenters. The molecule has 11 nitrogen and oxygen atoms in total. The number of nitrogens with zero attached hydrogens (tertiary/aromatic N) is 6. The van der Waals surface area contributed by atoms with E-state index in [1.807, 2.05) is 6.92 Å². The highest BCUT2D eigenvalue weighted by atomic mass is 35.5. The van der Waals surface area contributed by atoms with Gasteiger partial charge in [-0.25, -0.2) is 24.2 Å². The summed E-state index contributed by atoms with van der Waals surface area (Å²) in [7, 11) is 0. The van der Waals surface area contributed by atoms with Crippen LogP contribution in [0.1, 0.15) is 65.6 Å². The number of amides is 3. The minimum Gasteiger partial charge on any atom is -0.341 e. The summed E-state index contributed by atoms with van der Waals surface area (Å²) in [6, 6.07) is 11.4. The Labute approximate surface area is 278 Å². The largest absolute Gasteiger partial charge is 0.341 e. The predicted molar refractivity (Wildman–Crippen MR) is 170 cm³/mol. The van der Waals surface area contributed by atoms with Gasteiger partial charge in [-0.1, -0.05) is 35.3 Å². The van der Waals surface area contributed by atoms with E-state index < -0.39 is 34.2 Å². The molecule has 3 aliphatic rings. The second kappa shape index (κ2) is 10.9. The van der Waals surface area contributed by atoms with Crippen LogP contribution >= 0.6 is 23.2 Å². The number of benzene rings is 2. The lowest BCUT2D eigenvalue weighted by atomic mass is 9.91. The Balaban J connectivity index is 1.22. The number of carbonyl (C=O) groups is 3. The first kappa shape index (κ1) is 30.8. The lowest BCUT2D eigenvalue weighted by Gasteiger charge is -2.27. The molecule has 0 radical (unpaired) electrons. The molecule has 0 saturated heterocycles. The summed E-state index contributed by atoms with van der Waals surface area (Å²) in [5.41, 5.74) is -0.933. The monoisotopic (exact) mass is 672 g/mol. The van der Waals surface area contributed by atoms with Gasteiger partial charge in [0.25, 0.3) is 11.8 Å². The molecule has 0 bridgehead atoms. The van der Waals surface area contributed by atoms with Gasteiger partial charge in [0.15, 0.2) is 11.6 Å². The van der Waals surface area contributed by atoms with Gasteiger partial charge in [-0.05, 0) is 74.9 Å². The van der Waals surface area contributed by atoms with Gasteiger partial charge in [0, 0.05) is 18.8 Å². The minimum absolute atomic E-state index is 0.0494. The average Bonchev–Trinajstić information content (AvgIpc) is 3.95. The number of halogens is 3. The molecule has 4 aromatic rings. The van der Waals surface area contributed by atoms with E-state index in [1.165, 1.54) is 27.8 Å². The van der Waals surface area contributed by atoms with Gasteiger partial charge in [-0.2, -0.15) is 5.26 Å². The molecule has 3 amide bonds. The maximum Gasteiger partial charge on any atom is 0.270 e. The van der Waals surface area contributed by atoms with E-state index in [0.717, 1.165) is 5.56 Å². The minimum atomic E-state index is -1.40. The topological polar surface area (TPSA) is 146 Å². The molecule has 0 unspecified atom stereocenters. The average molecular weight is 674 g/mol. The number of rotatable bonds is 8. The normalized spacial score (nSPS) is 19.9. The van der Waals surface area contributed by atoms with Crippen LogP contribution in [-0.4, -0.2) is 42.8 Å². The van der Waals surface area contributed by atoms with Crippen LogP contribution in [0.25, 0.3) is 0 Å². The van der Waals surface area contributed by atoms with Crippen LogP contribution in [-0.2, 0) is 27.1 Å². The van der Waals surface area contributed by atoms with Crippen molar-refractivity contribution in [3.05, 3.63) is 99.1 Å². The Hall–Kier alpha value is -4.86. The van der Waals surface area contributed by atoms with E-state index in [-0.39, 0.29) is 39.7 Å². The molecule has 7 rings (SSSR count). The highest BCUT2D eigenvalue weighted by Gasteiger charge is 2.58. The first-order chi connectivity index (χ1) is 22.4. The number of fused-ring (bicyclic) bond motifs is 1. The van der Waals surface area contributed by atoms with Crippen molar-refractivity contribution in [1.82, 2.24) is 30.2 Å². The quantitative estimate of drug-likeness (QED) is 0.250. The Morgan fingerprint density at radius 1 is 1.00 bits per heavy atom. The summed E-state index contributed by atoms with van der Waals surface area (Å²) in [6.45, 7) is 3.55. The van der Waals surface area contributed by atoms with Crippen molar-refractivity contribution in [3.8, 4) is 6.07 Å². The summed E-state index contributed by atoms with van der Waals surface area (Å²) in [4.78, 5) is 56.4. The fraction of sp³-hybridized carbons (Fsp3) is 0.303. The number of hydrogen-bond donors (Lipinski definition) is 2. The summed E-state index contributed by atoms with van der Waals surface area (Å²) in [5.74, 6) is -1.60. The molecule has 2 N–H and O–H groups in total. The summed E-state index contributed by atoms with van der Waals surface area (Å²) in [5, 5.41) is 14.7. The summed E-state index contributed by atoms with van der Waals surface area (Å²) in [6.07, 6.45) is 7.09. The zero-order valence-electron chi connectivity index (χ0n) is 25.3. The standard InChI is InChI=1S/C33H27Cl2FN8O3/c1-18-15-38-27(39-16-18)32(7-8-32)42-28(46)33(9-10-33)41-26(45)24-17-40-30-43(21-11-22(34)25(36)23(35)12-21)29(47)31(2,44(24)30)13-19-3-5-20(14-37)6-4-19/h3-6,11-12,15-17H,7-10,13H2,1-2H3,(H,41,45)(H,42,46)/t31-/m1/s1. The van der Waals surface area contributed by atoms with E-state index in [1.54, 1.807) is 43.6 Å². The molecule has 2 fully saturated rings. The number of nitriles is 1. The zero-order chi connectivity index (χ0) is 33.3. The molecule has 0 spiro atoms. The Morgan fingerprint density at radius 3 is 2.21 bits per heavy atom. The van der Waals surface area contributed by atoms with Crippen LogP contribution in [0.5, 0.6) is 0 Å². The molecule has 2 aliphatic carbocycles. The number of aryl methyl sites for hydroxylation is 1. The van der Waals surface area contributed by atoms with Crippen molar-refractivity contribution in [2.24, 2.45) is 0 Å². The van der Waals surface area contributed by atoms with Gasteiger partial charge in [-0.15, -0.1) is 0 Å². The molecule has 2 aromatic carbocycles. The van der Waals surface area contributed by atoms with E-state index in [4.69, 9.17) is 23.2 Å². The number of anilines is 2. The molecule has 3 heterocycles. The van der Waals surface area contributed by atoms with E-state index >= 15 is 0 Å². The summed E-state index contributed by atoms with van der Waals surface area (Å²) >= 11 is 12.2. The molecule has 14 heteroatoms. The maximum absolute atomic E-state index is 14.3. The fourth-order valence-corrected chi connectivity index (χ4v) is 6.52. The Morgan fingerprint density at radius 2 is 1.64 bits per heavy atom. The third kappa shape index (κ3) is 5.10. The van der Waals surface area contributed by atoms with Crippen LogP contribution in [0, 0.1) is 24.1 Å². The van der Waals surface area contributed by atoms with Crippen molar-refractivity contribution >= 4 is 52.6 Å². The Bertz CT molecular complexity index is 1990. The molecule has 2 aromatic heterocycles. The predicted octanol–water partition coefficient (Wildman–Crippen LogP) is 5.00. The second-order valence-corrected chi connectivity index (χ2v) is 13.4. The van der Waals surface area contributed by atoms with Gasteiger partial charge < -0.3 is 10.6 Å². The first-order valence-electron chi connectivity index (χ1n) is 14.9. The highest BCUT2D eigenvalue weighted by molar-refractivity contribution is 6.35. The van der Waals surface area contributed by atoms with Crippen molar-refractivity contribution in [2.45, 2.75) is 62.6 Å². The molecule has 2 saturated carbocycles. The van der Waals surface area contributed by atoms with Crippen LogP contribution in [0.2, 0.25) is 10.0 Å². The van der Waals surface area contributed by atoms with Crippen LogP contribution in [0.3, 0.4) is 0 Å². The molecule has 1 aliphatic heterocycles. The number of carbonyl (C=O) groups excluding carboxylic acids is 3. The van der Waals surface area contributed by atoms with E-state index in [2.05, 4.69) is 31.7 Å². The smallest absolute Gasteiger partial charge is 0.270 e. The zero-order valence-corrected chi connectivity index (χ0v) is 26.8. The van der Waals surface area contributed by atoms with Crippen molar-refractivity contribution < 1.29 is 18.8 Å². The lowest BCUT2D eigenvalue weighted by Crippen LogP contribution is -2.52.